The molecule has 1 N–H and O–H groups in total. The van der Waals surface area contributed by atoms with E-state index in [0.717, 1.165) is 50.5 Å². The van der Waals surface area contributed by atoms with E-state index in [2.05, 4.69) is 10.2 Å². The van der Waals surface area contributed by atoms with Gasteiger partial charge in [0, 0.05) is 37.6 Å². The fraction of sp³-hybridized carbons (Fsp3) is 0.400. The summed E-state index contributed by atoms with van der Waals surface area (Å²) in [6, 6.07) is 9.08. The molecule has 1 aliphatic heterocycles. The Bertz CT molecular complexity index is 632. The maximum absolute atomic E-state index is 11.5. The van der Waals surface area contributed by atoms with Crippen molar-refractivity contribution in [1.29, 1.82) is 0 Å². The highest BCUT2D eigenvalue weighted by atomic mass is 16.5. The van der Waals surface area contributed by atoms with Crippen molar-refractivity contribution in [2.75, 3.05) is 44.7 Å². The SMILES string of the molecule is O=c1cc(NCCN2CCOCC2)c2ccccc2o1. The molecule has 0 atom stereocenters. The highest BCUT2D eigenvalue weighted by molar-refractivity contribution is 5.89. The average molecular weight is 274 g/mol. The summed E-state index contributed by atoms with van der Waals surface area (Å²) in [5, 5.41) is 4.27. The van der Waals surface area contributed by atoms with Crippen LogP contribution in [0.1, 0.15) is 0 Å². The van der Waals surface area contributed by atoms with Crippen LogP contribution in [-0.4, -0.2) is 44.3 Å². The number of para-hydroxylation sites is 1. The van der Waals surface area contributed by atoms with Crippen LogP contribution in [0.4, 0.5) is 5.69 Å². The molecule has 0 radical (unpaired) electrons. The number of morpholine rings is 1. The van der Waals surface area contributed by atoms with Crippen molar-refractivity contribution in [3.63, 3.8) is 0 Å². The van der Waals surface area contributed by atoms with E-state index in [9.17, 15) is 4.79 Å². The van der Waals surface area contributed by atoms with Gasteiger partial charge in [-0.15, -0.1) is 0 Å². The fourth-order valence-electron chi connectivity index (χ4n) is 2.43. The van der Waals surface area contributed by atoms with Crippen LogP contribution >= 0.6 is 0 Å². The van der Waals surface area contributed by atoms with Crippen molar-refractivity contribution >= 4 is 16.7 Å². The zero-order valence-electron chi connectivity index (χ0n) is 11.3. The zero-order chi connectivity index (χ0) is 13.8. The van der Waals surface area contributed by atoms with Crippen LogP contribution in [0, 0.1) is 0 Å². The van der Waals surface area contributed by atoms with Gasteiger partial charge in [0.25, 0.3) is 0 Å². The number of benzene rings is 1. The van der Waals surface area contributed by atoms with Gasteiger partial charge in [-0.1, -0.05) is 12.1 Å². The summed E-state index contributed by atoms with van der Waals surface area (Å²) in [5.41, 5.74) is 1.14. The number of fused-ring (bicyclic) bond motifs is 1. The van der Waals surface area contributed by atoms with Crippen LogP contribution in [0.5, 0.6) is 0 Å². The first-order valence-electron chi connectivity index (χ1n) is 6.90. The van der Waals surface area contributed by atoms with Crippen LogP contribution in [0.3, 0.4) is 0 Å². The van der Waals surface area contributed by atoms with Crippen molar-refractivity contribution in [2.45, 2.75) is 0 Å². The summed E-state index contributed by atoms with van der Waals surface area (Å²) < 4.78 is 10.5. The maximum atomic E-state index is 11.5. The van der Waals surface area contributed by atoms with Crippen molar-refractivity contribution in [1.82, 2.24) is 4.90 Å². The lowest BCUT2D eigenvalue weighted by molar-refractivity contribution is 0.0398. The molecule has 0 amide bonds. The summed E-state index contributed by atoms with van der Waals surface area (Å²) in [5.74, 6) is 0. The number of anilines is 1. The molecule has 1 aromatic carbocycles. The van der Waals surface area contributed by atoms with Crippen LogP contribution in [0.25, 0.3) is 11.0 Å². The first-order valence-corrected chi connectivity index (χ1v) is 6.90. The molecule has 2 aromatic rings. The Morgan fingerprint density at radius 1 is 1.20 bits per heavy atom. The number of hydrogen-bond acceptors (Lipinski definition) is 5. The number of ether oxygens (including phenoxy) is 1. The first kappa shape index (κ1) is 13.1. The highest BCUT2D eigenvalue weighted by Gasteiger charge is 2.10. The maximum Gasteiger partial charge on any atom is 0.338 e. The van der Waals surface area contributed by atoms with Crippen molar-refractivity contribution in [3.05, 3.63) is 40.8 Å². The summed E-state index contributed by atoms with van der Waals surface area (Å²) in [6.45, 7) is 5.29. The Balaban J connectivity index is 1.69. The molecule has 2 heterocycles. The third-order valence-corrected chi connectivity index (χ3v) is 3.50. The lowest BCUT2D eigenvalue weighted by Crippen LogP contribution is -2.39. The summed E-state index contributed by atoms with van der Waals surface area (Å²) in [4.78, 5) is 13.9. The average Bonchev–Trinajstić information content (AvgIpc) is 2.48. The normalized spacial score (nSPS) is 16.4. The molecule has 5 heteroatoms. The fourth-order valence-corrected chi connectivity index (χ4v) is 2.43. The molecule has 106 valence electrons. The first-order chi connectivity index (χ1) is 9.83. The van der Waals surface area contributed by atoms with Gasteiger partial charge in [-0.25, -0.2) is 4.79 Å². The third kappa shape index (κ3) is 3.00. The predicted octanol–water partition coefficient (Wildman–Crippen LogP) is 1.54. The minimum atomic E-state index is -0.322. The van der Waals surface area contributed by atoms with Crippen molar-refractivity contribution in [2.24, 2.45) is 0 Å². The second-order valence-electron chi connectivity index (χ2n) is 4.86. The lowest BCUT2D eigenvalue weighted by atomic mass is 10.2. The van der Waals surface area contributed by atoms with Crippen LogP contribution in [0.15, 0.2) is 39.5 Å². The molecule has 0 bridgehead atoms. The second kappa shape index (κ2) is 6.07. The van der Waals surface area contributed by atoms with E-state index in [0.29, 0.717) is 5.58 Å². The van der Waals surface area contributed by atoms with E-state index < -0.39 is 0 Å². The highest BCUT2D eigenvalue weighted by Crippen LogP contribution is 2.20. The molecule has 5 nitrogen and oxygen atoms in total. The summed E-state index contributed by atoms with van der Waals surface area (Å²) in [7, 11) is 0. The summed E-state index contributed by atoms with van der Waals surface area (Å²) in [6.07, 6.45) is 0. The predicted molar refractivity (Wildman–Crippen MR) is 78.2 cm³/mol. The van der Waals surface area contributed by atoms with E-state index in [1.807, 2.05) is 24.3 Å². The summed E-state index contributed by atoms with van der Waals surface area (Å²) >= 11 is 0. The largest absolute Gasteiger partial charge is 0.423 e. The zero-order valence-corrected chi connectivity index (χ0v) is 11.3. The molecular weight excluding hydrogens is 256 g/mol. The number of nitrogens with zero attached hydrogens (tertiary/aromatic N) is 1. The molecule has 0 unspecified atom stereocenters. The molecule has 1 aliphatic rings. The Kier molecular flexibility index (Phi) is 3.99. The topological polar surface area (TPSA) is 54.7 Å². The lowest BCUT2D eigenvalue weighted by Gasteiger charge is -2.26. The number of nitrogens with one attached hydrogen (secondary N) is 1. The van der Waals surface area contributed by atoms with E-state index in [1.54, 1.807) is 0 Å². The minimum Gasteiger partial charge on any atom is -0.423 e. The molecule has 1 saturated heterocycles. The quantitative estimate of drug-likeness (QED) is 0.857. The van der Waals surface area contributed by atoms with E-state index in [1.165, 1.54) is 6.07 Å². The van der Waals surface area contributed by atoms with Gasteiger partial charge in [0.05, 0.1) is 18.9 Å². The van der Waals surface area contributed by atoms with E-state index >= 15 is 0 Å². The van der Waals surface area contributed by atoms with E-state index in [-0.39, 0.29) is 5.63 Å². The molecule has 1 aromatic heterocycles. The van der Waals surface area contributed by atoms with Gasteiger partial charge in [-0.3, -0.25) is 4.90 Å². The molecule has 0 spiro atoms. The van der Waals surface area contributed by atoms with Crippen LogP contribution in [0.2, 0.25) is 0 Å². The van der Waals surface area contributed by atoms with Gasteiger partial charge in [0.1, 0.15) is 5.58 Å². The Morgan fingerprint density at radius 3 is 2.85 bits per heavy atom. The Labute approximate surface area is 117 Å². The molecule has 0 aliphatic carbocycles. The van der Waals surface area contributed by atoms with Crippen LogP contribution < -0.4 is 10.9 Å². The van der Waals surface area contributed by atoms with Gasteiger partial charge in [-0.2, -0.15) is 0 Å². The third-order valence-electron chi connectivity index (χ3n) is 3.50. The van der Waals surface area contributed by atoms with Gasteiger partial charge in [0.2, 0.25) is 0 Å². The molecular formula is C15H18N2O3. The van der Waals surface area contributed by atoms with Gasteiger partial charge in [0.15, 0.2) is 0 Å². The minimum absolute atomic E-state index is 0.322. The smallest absolute Gasteiger partial charge is 0.338 e. The standard InChI is InChI=1S/C15H18N2O3/c18-15-11-13(12-3-1-2-4-14(12)20-15)16-5-6-17-7-9-19-10-8-17/h1-4,11,16H,5-10H2. The van der Waals surface area contributed by atoms with Crippen molar-refractivity contribution in [3.8, 4) is 0 Å². The second-order valence-corrected chi connectivity index (χ2v) is 4.86. The van der Waals surface area contributed by atoms with Gasteiger partial charge < -0.3 is 14.5 Å². The molecule has 20 heavy (non-hydrogen) atoms. The number of rotatable bonds is 4. The molecule has 3 rings (SSSR count). The Hall–Kier alpha value is -1.85. The number of hydrogen-bond donors (Lipinski definition) is 1. The monoisotopic (exact) mass is 274 g/mol. The van der Waals surface area contributed by atoms with Crippen molar-refractivity contribution < 1.29 is 9.15 Å². The van der Waals surface area contributed by atoms with Crippen LogP contribution in [-0.2, 0) is 4.74 Å². The van der Waals surface area contributed by atoms with Gasteiger partial charge >= 0.3 is 5.63 Å². The Morgan fingerprint density at radius 2 is 2.00 bits per heavy atom. The molecule has 0 saturated carbocycles. The van der Waals surface area contributed by atoms with E-state index in [4.69, 9.17) is 9.15 Å². The van der Waals surface area contributed by atoms with Gasteiger partial charge in [-0.05, 0) is 12.1 Å². The molecule has 1 fully saturated rings.